The van der Waals surface area contributed by atoms with Gasteiger partial charge >= 0.3 is 0 Å². The number of amides is 1. The van der Waals surface area contributed by atoms with Gasteiger partial charge in [0.25, 0.3) is 5.91 Å². The van der Waals surface area contributed by atoms with Crippen LogP contribution in [0.15, 0.2) is 24.3 Å². The van der Waals surface area contributed by atoms with E-state index in [4.69, 9.17) is 0 Å². The molecule has 1 aliphatic heterocycles. The van der Waals surface area contributed by atoms with Crippen LogP contribution in [0, 0.1) is 6.92 Å². The van der Waals surface area contributed by atoms with E-state index in [-0.39, 0.29) is 5.91 Å². The predicted octanol–water partition coefficient (Wildman–Crippen LogP) is 1.87. The molecule has 1 aliphatic rings. The first-order valence-corrected chi connectivity index (χ1v) is 7.40. The minimum absolute atomic E-state index is 0.233. The summed E-state index contributed by atoms with van der Waals surface area (Å²) in [6.45, 7) is 2.51. The van der Waals surface area contributed by atoms with Crippen LogP contribution in [0.4, 0.5) is 0 Å². The molecule has 0 bridgehead atoms. The lowest BCUT2D eigenvalue weighted by molar-refractivity contribution is -0.140. The molecule has 0 saturated carbocycles. The van der Waals surface area contributed by atoms with E-state index >= 15 is 0 Å². The van der Waals surface area contributed by atoms with Crippen LogP contribution in [-0.2, 0) is 11.3 Å². The van der Waals surface area contributed by atoms with Crippen molar-refractivity contribution in [2.24, 2.45) is 0 Å². The van der Waals surface area contributed by atoms with Crippen molar-refractivity contribution in [1.29, 1.82) is 0 Å². The smallest absolute Gasteiger partial charge is 0.252 e. The van der Waals surface area contributed by atoms with Gasteiger partial charge < -0.3 is 10.4 Å². The highest BCUT2D eigenvalue weighted by molar-refractivity contribution is 7.99. The van der Waals surface area contributed by atoms with Crippen LogP contribution in [0.1, 0.15) is 24.0 Å². The van der Waals surface area contributed by atoms with Crippen molar-refractivity contribution in [1.82, 2.24) is 5.32 Å². The van der Waals surface area contributed by atoms with Gasteiger partial charge in [0.2, 0.25) is 0 Å². The molecule has 1 amide bonds. The molecule has 1 heterocycles. The second kappa shape index (κ2) is 5.76. The fourth-order valence-corrected chi connectivity index (χ4v) is 3.16. The maximum absolute atomic E-state index is 12.0. The van der Waals surface area contributed by atoms with Gasteiger partial charge in [0.05, 0.1) is 0 Å². The number of rotatable bonds is 3. The summed E-state index contributed by atoms with van der Waals surface area (Å²) in [6, 6.07) is 8.04. The molecule has 2 rings (SSSR count). The Morgan fingerprint density at radius 3 is 2.56 bits per heavy atom. The largest absolute Gasteiger partial charge is 0.380 e. The van der Waals surface area contributed by atoms with E-state index in [1.54, 1.807) is 11.8 Å². The van der Waals surface area contributed by atoms with Crippen LogP contribution in [0.5, 0.6) is 0 Å². The van der Waals surface area contributed by atoms with E-state index in [9.17, 15) is 9.90 Å². The number of aliphatic hydroxyl groups is 1. The number of hydrogen-bond acceptors (Lipinski definition) is 3. The topological polar surface area (TPSA) is 49.3 Å². The lowest BCUT2D eigenvalue weighted by Crippen LogP contribution is -2.48. The van der Waals surface area contributed by atoms with Crippen molar-refractivity contribution in [3.63, 3.8) is 0 Å². The van der Waals surface area contributed by atoms with E-state index in [0.29, 0.717) is 19.4 Å². The summed E-state index contributed by atoms with van der Waals surface area (Å²) in [6.07, 6.45) is 1.11. The van der Waals surface area contributed by atoms with Crippen LogP contribution < -0.4 is 5.32 Å². The average molecular weight is 265 g/mol. The molecule has 1 aromatic carbocycles. The quantitative estimate of drug-likeness (QED) is 0.877. The van der Waals surface area contributed by atoms with E-state index < -0.39 is 5.60 Å². The van der Waals surface area contributed by atoms with Crippen LogP contribution in [0.2, 0.25) is 0 Å². The first kappa shape index (κ1) is 13.4. The zero-order chi connectivity index (χ0) is 13.0. The number of benzene rings is 1. The molecule has 1 saturated heterocycles. The Bertz CT molecular complexity index is 410. The molecule has 1 aromatic rings. The van der Waals surface area contributed by atoms with E-state index in [2.05, 4.69) is 5.32 Å². The maximum Gasteiger partial charge on any atom is 0.252 e. The molecule has 0 radical (unpaired) electrons. The van der Waals surface area contributed by atoms with Crippen LogP contribution in [0.3, 0.4) is 0 Å². The van der Waals surface area contributed by atoms with E-state index in [1.165, 1.54) is 5.56 Å². The summed E-state index contributed by atoms with van der Waals surface area (Å²) < 4.78 is 0. The lowest BCUT2D eigenvalue weighted by atomic mass is 9.95. The number of nitrogens with one attached hydrogen (secondary N) is 1. The Kier molecular flexibility index (Phi) is 4.30. The Balaban J connectivity index is 1.89. The number of aryl methyl sites for hydroxylation is 1. The number of hydrogen-bond donors (Lipinski definition) is 2. The Labute approximate surface area is 112 Å². The van der Waals surface area contributed by atoms with E-state index in [1.807, 2.05) is 31.2 Å². The standard InChI is InChI=1S/C14H19NO2S/c1-11-2-4-12(5-3-11)10-15-13(16)14(17)6-8-18-9-7-14/h2-5,17H,6-10H2,1H3,(H,15,16). The minimum atomic E-state index is -1.16. The molecular weight excluding hydrogens is 246 g/mol. The normalized spacial score (nSPS) is 18.3. The molecule has 0 aliphatic carbocycles. The highest BCUT2D eigenvalue weighted by Gasteiger charge is 2.36. The van der Waals surface area contributed by atoms with Gasteiger partial charge in [0.1, 0.15) is 5.60 Å². The Morgan fingerprint density at radius 1 is 1.33 bits per heavy atom. The average Bonchev–Trinajstić information content (AvgIpc) is 2.38. The third-order valence-corrected chi connectivity index (χ3v) is 4.30. The number of thioether (sulfide) groups is 1. The maximum atomic E-state index is 12.0. The van der Waals surface area contributed by atoms with E-state index in [0.717, 1.165) is 17.1 Å². The van der Waals surface area contributed by atoms with Crippen molar-refractivity contribution in [3.8, 4) is 0 Å². The van der Waals surface area contributed by atoms with Gasteiger partial charge in [-0.05, 0) is 36.8 Å². The van der Waals surface area contributed by atoms with Gasteiger partial charge in [0.15, 0.2) is 0 Å². The molecule has 98 valence electrons. The zero-order valence-corrected chi connectivity index (χ0v) is 11.4. The molecule has 0 atom stereocenters. The lowest BCUT2D eigenvalue weighted by Gasteiger charge is -2.30. The van der Waals surface area contributed by atoms with Crippen molar-refractivity contribution < 1.29 is 9.90 Å². The summed E-state index contributed by atoms with van der Waals surface area (Å²) in [7, 11) is 0. The third-order valence-electron chi connectivity index (χ3n) is 3.32. The van der Waals surface area contributed by atoms with Crippen molar-refractivity contribution in [2.45, 2.75) is 31.9 Å². The summed E-state index contributed by atoms with van der Waals surface area (Å²) in [5.41, 5.74) is 1.10. The SMILES string of the molecule is Cc1ccc(CNC(=O)C2(O)CCSCC2)cc1. The molecule has 0 unspecified atom stereocenters. The van der Waals surface area contributed by atoms with Gasteiger partial charge in [-0.3, -0.25) is 4.79 Å². The van der Waals surface area contributed by atoms with Crippen LogP contribution in [-0.4, -0.2) is 28.1 Å². The highest BCUT2D eigenvalue weighted by Crippen LogP contribution is 2.27. The summed E-state index contributed by atoms with van der Waals surface area (Å²) >= 11 is 1.79. The second-order valence-electron chi connectivity index (χ2n) is 4.81. The molecule has 1 fully saturated rings. The Morgan fingerprint density at radius 2 is 1.94 bits per heavy atom. The van der Waals surface area contributed by atoms with Gasteiger partial charge in [-0.2, -0.15) is 11.8 Å². The summed E-state index contributed by atoms with van der Waals surface area (Å²) in [5, 5.41) is 13.1. The molecule has 0 aromatic heterocycles. The monoisotopic (exact) mass is 265 g/mol. The summed E-state index contributed by atoms with van der Waals surface area (Å²) in [5.74, 6) is 1.48. The molecule has 2 N–H and O–H groups in total. The second-order valence-corrected chi connectivity index (χ2v) is 6.04. The van der Waals surface area contributed by atoms with Gasteiger partial charge in [-0.15, -0.1) is 0 Å². The third kappa shape index (κ3) is 3.27. The molecule has 0 spiro atoms. The number of carbonyl (C=O) groups excluding carboxylic acids is 1. The van der Waals surface area contributed by atoms with Crippen molar-refractivity contribution >= 4 is 17.7 Å². The van der Waals surface area contributed by atoms with Gasteiger partial charge in [0, 0.05) is 6.54 Å². The zero-order valence-electron chi connectivity index (χ0n) is 10.6. The first-order chi connectivity index (χ1) is 8.60. The minimum Gasteiger partial charge on any atom is -0.380 e. The fourth-order valence-electron chi connectivity index (χ4n) is 1.99. The molecule has 18 heavy (non-hydrogen) atoms. The van der Waals surface area contributed by atoms with Gasteiger partial charge in [-0.25, -0.2) is 0 Å². The van der Waals surface area contributed by atoms with Crippen LogP contribution >= 0.6 is 11.8 Å². The van der Waals surface area contributed by atoms with Crippen molar-refractivity contribution in [2.75, 3.05) is 11.5 Å². The highest BCUT2D eigenvalue weighted by atomic mass is 32.2. The number of carbonyl (C=O) groups is 1. The summed E-state index contributed by atoms with van der Waals surface area (Å²) in [4.78, 5) is 12.0. The molecule has 4 heteroatoms. The fraction of sp³-hybridized carbons (Fsp3) is 0.500. The Hall–Kier alpha value is -1.00. The van der Waals surface area contributed by atoms with Crippen molar-refractivity contribution in [3.05, 3.63) is 35.4 Å². The molecular formula is C14H19NO2S. The van der Waals surface area contributed by atoms with Gasteiger partial charge in [-0.1, -0.05) is 29.8 Å². The molecule has 3 nitrogen and oxygen atoms in total. The van der Waals surface area contributed by atoms with Crippen LogP contribution in [0.25, 0.3) is 0 Å². The predicted molar refractivity (Wildman–Crippen MR) is 74.5 cm³/mol. The first-order valence-electron chi connectivity index (χ1n) is 6.24.